The van der Waals surface area contributed by atoms with Crippen LogP contribution in [0, 0.1) is 5.41 Å². The molecule has 8 heteroatoms. The van der Waals surface area contributed by atoms with E-state index in [2.05, 4.69) is 11.9 Å². The Bertz CT molecular complexity index is 1270. The van der Waals surface area contributed by atoms with Crippen molar-refractivity contribution < 1.29 is 14.3 Å². The molecule has 8 nitrogen and oxygen atoms in total. The second-order valence-corrected chi connectivity index (χ2v) is 9.66. The van der Waals surface area contributed by atoms with Gasteiger partial charge in [-0.05, 0) is 73.6 Å². The molecule has 5 rings (SSSR count). The number of nitrogens with two attached hydrogens (primary N) is 1. The summed E-state index contributed by atoms with van der Waals surface area (Å²) in [5.41, 5.74) is 8.46. The molecule has 2 amide bonds. The number of piperidine rings is 1. The highest BCUT2D eigenvalue weighted by molar-refractivity contribution is 6.04. The molecule has 1 saturated carbocycles. The van der Waals surface area contributed by atoms with Crippen LogP contribution in [0.4, 0.5) is 5.82 Å². The lowest BCUT2D eigenvalue weighted by Crippen LogP contribution is -2.49. The number of nitrogens with one attached hydrogen (secondary N) is 1. The lowest BCUT2D eigenvalue weighted by molar-refractivity contribution is -0.130. The first-order valence-electron chi connectivity index (χ1n) is 12.3. The molecule has 2 aliphatic rings. The molecule has 1 aliphatic heterocycles. The fourth-order valence-electron chi connectivity index (χ4n) is 5.43. The Morgan fingerprint density at radius 2 is 1.72 bits per heavy atom. The zero-order valence-electron chi connectivity index (χ0n) is 20.4. The molecule has 1 saturated heterocycles. The third-order valence-electron chi connectivity index (χ3n) is 7.50. The molecule has 0 bridgehead atoms. The Morgan fingerprint density at radius 1 is 1.08 bits per heavy atom. The number of aromatic nitrogens is 2. The molecule has 186 valence electrons. The summed E-state index contributed by atoms with van der Waals surface area (Å²) in [7, 11) is 1.59. The molecule has 1 spiro atoms. The molecule has 36 heavy (non-hydrogen) atoms. The van der Waals surface area contributed by atoms with E-state index < -0.39 is 0 Å². The largest absolute Gasteiger partial charge is 0.457 e. The van der Waals surface area contributed by atoms with Crippen LogP contribution < -0.4 is 15.8 Å². The van der Waals surface area contributed by atoms with Crippen LogP contribution in [-0.2, 0) is 4.79 Å². The second kappa shape index (κ2) is 9.53. The number of hydrogen-bond acceptors (Lipinski definition) is 5. The van der Waals surface area contributed by atoms with Gasteiger partial charge in [0.2, 0.25) is 5.91 Å². The maximum Gasteiger partial charge on any atom is 0.257 e. The number of carbonyl (C=O) groups is 2. The average molecular weight is 486 g/mol. The van der Waals surface area contributed by atoms with Gasteiger partial charge in [0.1, 0.15) is 28.6 Å². The second-order valence-electron chi connectivity index (χ2n) is 9.66. The predicted molar refractivity (Wildman–Crippen MR) is 139 cm³/mol. The van der Waals surface area contributed by atoms with Gasteiger partial charge >= 0.3 is 0 Å². The van der Waals surface area contributed by atoms with Gasteiger partial charge in [-0.25, -0.2) is 4.68 Å². The molecular weight excluding hydrogens is 454 g/mol. The van der Waals surface area contributed by atoms with E-state index in [1.54, 1.807) is 7.05 Å². The fraction of sp³-hybridized carbons (Fsp3) is 0.321. The van der Waals surface area contributed by atoms with Gasteiger partial charge in [-0.2, -0.15) is 5.10 Å². The van der Waals surface area contributed by atoms with Crippen molar-refractivity contribution in [1.29, 1.82) is 0 Å². The van der Waals surface area contributed by atoms with Crippen LogP contribution in [0.5, 0.6) is 11.5 Å². The first-order valence-corrected chi connectivity index (χ1v) is 12.3. The molecular formula is C28H31N5O3. The standard InChI is InChI=1S/C28H31N5O3/c1-3-23(34)32-15-13-28(14-16-32)17-20(18-28)33-26(29)24(27(35)30-2)25(31-33)19-9-11-22(12-10-19)36-21-7-5-4-6-8-21/h3-12,20H,1,13-18,29H2,2H3,(H,30,35). The number of benzene rings is 2. The SMILES string of the molecule is C=CC(=O)N1CCC2(CC1)CC(n1nc(-c3ccc(Oc4ccccc4)cc3)c(C(=O)NC)c1N)C2. The molecule has 0 atom stereocenters. The van der Waals surface area contributed by atoms with Crippen molar-refractivity contribution in [3.8, 4) is 22.8 Å². The first-order chi connectivity index (χ1) is 17.4. The van der Waals surface area contributed by atoms with Crippen LogP contribution in [0.3, 0.4) is 0 Å². The number of hydrogen-bond donors (Lipinski definition) is 2. The number of ether oxygens (including phenoxy) is 1. The van der Waals surface area contributed by atoms with Gasteiger partial charge in [-0.15, -0.1) is 0 Å². The summed E-state index contributed by atoms with van der Waals surface area (Å²) in [4.78, 5) is 26.6. The molecule has 2 aromatic carbocycles. The van der Waals surface area contributed by atoms with E-state index in [-0.39, 0.29) is 23.3 Å². The number of anilines is 1. The minimum atomic E-state index is -0.261. The molecule has 3 N–H and O–H groups in total. The van der Waals surface area contributed by atoms with Crippen molar-refractivity contribution in [2.24, 2.45) is 5.41 Å². The van der Waals surface area contributed by atoms with Gasteiger partial charge in [0, 0.05) is 25.7 Å². The predicted octanol–water partition coefficient (Wildman–Crippen LogP) is 4.41. The van der Waals surface area contributed by atoms with E-state index in [1.807, 2.05) is 64.2 Å². The Balaban J connectivity index is 1.35. The quantitative estimate of drug-likeness (QED) is 0.504. The summed E-state index contributed by atoms with van der Waals surface area (Å²) in [5, 5.41) is 7.53. The van der Waals surface area contributed by atoms with E-state index >= 15 is 0 Å². The zero-order chi connectivity index (χ0) is 25.3. The first kappa shape index (κ1) is 23.7. The highest BCUT2D eigenvalue weighted by Gasteiger charge is 2.48. The van der Waals surface area contributed by atoms with Crippen LogP contribution >= 0.6 is 0 Å². The van der Waals surface area contributed by atoms with Crippen molar-refractivity contribution in [1.82, 2.24) is 20.0 Å². The number of rotatable bonds is 6. The molecule has 3 aromatic rings. The number of nitrogen functional groups attached to an aromatic ring is 1. The van der Waals surface area contributed by atoms with E-state index in [9.17, 15) is 9.59 Å². The highest BCUT2D eigenvalue weighted by Crippen LogP contribution is 2.55. The Kier molecular flexibility index (Phi) is 6.26. The van der Waals surface area contributed by atoms with Gasteiger partial charge in [0.05, 0.1) is 6.04 Å². The third kappa shape index (κ3) is 4.34. The monoisotopic (exact) mass is 485 g/mol. The summed E-state index contributed by atoms with van der Waals surface area (Å²) in [5.74, 6) is 1.57. The van der Waals surface area contributed by atoms with Crippen molar-refractivity contribution in [3.05, 3.63) is 72.8 Å². The minimum Gasteiger partial charge on any atom is -0.457 e. The molecule has 1 aliphatic carbocycles. The lowest BCUT2D eigenvalue weighted by atomic mass is 9.60. The highest BCUT2D eigenvalue weighted by atomic mass is 16.5. The summed E-state index contributed by atoms with van der Waals surface area (Å²) >= 11 is 0. The smallest absolute Gasteiger partial charge is 0.257 e. The Hall–Kier alpha value is -4.07. The van der Waals surface area contributed by atoms with Gasteiger partial charge in [0.25, 0.3) is 5.91 Å². The number of amides is 2. The normalized spacial score (nSPS) is 16.9. The number of para-hydroxylation sites is 1. The van der Waals surface area contributed by atoms with Crippen molar-refractivity contribution >= 4 is 17.6 Å². The van der Waals surface area contributed by atoms with Crippen LogP contribution in [-0.4, -0.2) is 46.6 Å². The topological polar surface area (TPSA) is 102 Å². The molecule has 0 radical (unpaired) electrons. The van der Waals surface area contributed by atoms with Gasteiger partial charge in [-0.1, -0.05) is 24.8 Å². The lowest BCUT2D eigenvalue weighted by Gasteiger charge is -2.52. The third-order valence-corrected chi connectivity index (χ3v) is 7.50. The number of nitrogens with zero attached hydrogens (tertiary/aromatic N) is 3. The zero-order valence-corrected chi connectivity index (χ0v) is 20.4. The summed E-state index contributed by atoms with van der Waals surface area (Å²) < 4.78 is 7.72. The maximum absolute atomic E-state index is 12.8. The van der Waals surface area contributed by atoms with E-state index in [0.717, 1.165) is 50.1 Å². The van der Waals surface area contributed by atoms with Gasteiger partial charge < -0.3 is 20.7 Å². The van der Waals surface area contributed by atoms with E-state index in [1.165, 1.54) is 6.08 Å². The van der Waals surface area contributed by atoms with Crippen molar-refractivity contribution in [3.63, 3.8) is 0 Å². The van der Waals surface area contributed by atoms with Crippen LogP contribution in [0.15, 0.2) is 67.3 Å². The van der Waals surface area contributed by atoms with E-state index in [4.69, 9.17) is 15.6 Å². The van der Waals surface area contributed by atoms with E-state index in [0.29, 0.717) is 22.8 Å². The maximum atomic E-state index is 12.8. The summed E-state index contributed by atoms with van der Waals surface area (Å²) in [6.45, 7) is 5.09. The van der Waals surface area contributed by atoms with Gasteiger partial charge in [-0.3, -0.25) is 9.59 Å². The average Bonchev–Trinajstić information content (AvgIpc) is 3.24. The molecule has 2 fully saturated rings. The van der Waals surface area contributed by atoms with Crippen LogP contribution in [0.25, 0.3) is 11.3 Å². The minimum absolute atomic E-state index is 0.00269. The number of carbonyl (C=O) groups excluding carboxylic acids is 2. The summed E-state index contributed by atoms with van der Waals surface area (Å²) in [6, 6.07) is 17.2. The molecule has 2 heterocycles. The molecule has 1 aromatic heterocycles. The van der Waals surface area contributed by atoms with Crippen molar-refractivity contribution in [2.45, 2.75) is 31.7 Å². The van der Waals surface area contributed by atoms with Crippen molar-refractivity contribution in [2.75, 3.05) is 25.9 Å². The number of likely N-dealkylation sites (tertiary alicyclic amines) is 1. The summed E-state index contributed by atoms with van der Waals surface area (Å²) in [6.07, 6.45) is 5.18. The Labute approximate surface area is 210 Å². The fourth-order valence-corrected chi connectivity index (χ4v) is 5.43. The Morgan fingerprint density at radius 3 is 2.33 bits per heavy atom. The van der Waals surface area contributed by atoms with Crippen LogP contribution in [0.1, 0.15) is 42.1 Å². The van der Waals surface area contributed by atoms with Crippen LogP contribution in [0.2, 0.25) is 0 Å². The van der Waals surface area contributed by atoms with Gasteiger partial charge in [0.15, 0.2) is 0 Å². The molecule has 0 unspecified atom stereocenters.